The SMILES string of the molecule is CCCC1CCC2(CCNC2CC)CC1. The molecule has 1 saturated carbocycles. The first kappa shape index (κ1) is 11.4. The van der Waals surface area contributed by atoms with Gasteiger partial charge in [-0.05, 0) is 56.4 Å². The Hall–Kier alpha value is -0.0400. The number of nitrogens with one attached hydrogen (secondary N) is 1. The summed E-state index contributed by atoms with van der Waals surface area (Å²) in [6, 6.07) is 0.833. The van der Waals surface area contributed by atoms with Crippen LogP contribution < -0.4 is 5.32 Å². The van der Waals surface area contributed by atoms with E-state index in [0.29, 0.717) is 5.41 Å². The molecule has 0 aromatic carbocycles. The lowest BCUT2D eigenvalue weighted by molar-refractivity contribution is 0.123. The van der Waals surface area contributed by atoms with Crippen molar-refractivity contribution < 1.29 is 0 Å². The summed E-state index contributed by atoms with van der Waals surface area (Å²) < 4.78 is 0. The second kappa shape index (κ2) is 4.86. The minimum absolute atomic E-state index is 0.707. The van der Waals surface area contributed by atoms with Gasteiger partial charge in [-0.25, -0.2) is 0 Å². The average Bonchev–Trinajstić information content (AvgIpc) is 2.65. The molecule has 1 N–H and O–H groups in total. The van der Waals surface area contributed by atoms with E-state index in [4.69, 9.17) is 0 Å². The average molecular weight is 209 g/mol. The Morgan fingerprint density at radius 3 is 2.47 bits per heavy atom. The van der Waals surface area contributed by atoms with Crippen molar-refractivity contribution in [1.82, 2.24) is 5.32 Å². The van der Waals surface area contributed by atoms with E-state index in [2.05, 4.69) is 19.2 Å². The molecule has 1 spiro atoms. The van der Waals surface area contributed by atoms with Crippen molar-refractivity contribution in [2.24, 2.45) is 11.3 Å². The zero-order valence-corrected chi connectivity index (χ0v) is 10.5. The van der Waals surface area contributed by atoms with Crippen molar-refractivity contribution in [3.05, 3.63) is 0 Å². The molecule has 0 amide bonds. The largest absolute Gasteiger partial charge is 0.313 e. The van der Waals surface area contributed by atoms with Crippen molar-refractivity contribution >= 4 is 0 Å². The van der Waals surface area contributed by atoms with Crippen LogP contribution in [0.2, 0.25) is 0 Å². The molecule has 0 bridgehead atoms. The van der Waals surface area contributed by atoms with Gasteiger partial charge >= 0.3 is 0 Å². The maximum atomic E-state index is 3.71. The second-order valence-corrected chi connectivity index (χ2v) is 5.76. The van der Waals surface area contributed by atoms with Gasteiger partial charge in [0.05, 0.1) is 0 Å². The molecule has 0 aromatic rings. The molecule has 2 rings (SSSR count). The predicted molar refractivity (Wildman–Crippen MR) is 66.0 cm³/mol. The fraction of sp³-hybridized carbons (Fsp3) is 1.00. The Kier molecular flexibility index (Phi) is 3.71. The Balaban J connectivity index is 1.90. The van der Waals surface area contributed by atoms with E-state index in [9.17, 15) is 0 Å². The van der Waals surface area contributed by atoms with Gasteiger partial charge in [-0.15, -0.1) is 0 Å². The quantitative estimate of drug-likeness (QED) is 0.746. The maximum Gasteiger partial charge on any atom is 0.0121 e. The molecule has 1 saturated heterocycles. The van der Waals surface area contributed by atoms with E-state index in [1.54, 1.807) is 0 Å². The van der Waals surface area contributed by atoms with Crippen LogP contribution in [0.4, 0.5) is 0 Å². The highest BCUT2D eigenvalue weighted by Gasteiger charge is 2.43. The molecule has 0 aromatic heterocycles. The first-order chi connectivity index (χ1) is 7.30. The van der Waals surface area contributed by atoms with Crippen LogP contribution in [0.5, 0.6) is 0 Å². The number of hydrogen-bond acceptors (Lipinski definition) is 1. The normalized spacial score (nSPS) is 41.2. The first-order valence-electron chi connectivity index (χ1n) is 7.04. The lowest BCUT2D eigenvalue weighted by Gasteiger charge is -2.41. The summed E-state index contributed by atoms with van der Waals surface area (Å²) in [5.41, 5.74) is 0.707. The van der Waals surface area contributed by atoms with Crippen molar-refractivity contribution in [1.29, 1.82) is 0 Å². The van der Waals surface area contributed by atoms with Crippen LogP contribution >= 0.6 is 0 Å². The molecule has 15 heavy (non-hydrogen) atoms. The lowest BCUT2D eigenvalue weighted by atomic mass is 9.65. The van der Waals surface area contributed by atoms with Gasteiger partial charge in [0.2, 0.25) is 0 Å². The Labute approximate surface area is 95.0 Å². The Bertz CT molecular complexity index is 192. The highest BCUT2D eigenvalue weighted by atomic mass is 15.0. The van der Waals surface area contributed by atoms with Crippen LogP contribution in [0, 0.1) is 11.3 Å². The van der Waals surface area contributed by atoms with E-state index >= 15 is 0 Å². The molecule has 0 radical (unpaired) electrons. The molecule has 2 fully saturated rings. The van der Waals surface area contributed by atoms with Crippen molar-refractivity contribution in [2.45, 2.75) is 71.3 Å². The van der Waals surface area contributed by atoms with Gasteiger partial charge in [0.25, 0.3) is 0 Å². The molecule has 1 aliphatic carbocycles. The molecule has 1 heterocycles. The topological polar surface area (TPSA) is 12.0 Å². The van der Waals surface area contributed by atoms with Crippen molar-refractivity contribution in [3.63, 3.8) is 0 Å². The Morgan fingerprint density at radius 2 is 1.87 bits per heavy atom. The number of hydrogen-bond donors (Lipinski definition) is 1. The fourth-order valence-electron chi connectivity index (χ4n) is 4.01. The molecule has 1 aliphatic heterocycles. The maximum absolute atomic E-state index is 3.71. The van der Waals surface area contributed by atoms with E-state index < -0.39 is 0 Å². The summed E-state index contributed by atoms with van der Waals surface area (Å²) in [5.74, 6) is 1.05. The molecule has 1 atom stereocenters. The van der Waals surface area contributed by atoms with Crippen molar-refractivity contribution in [2.75, 3.05) is 6.54 Å². The third-order valence-corrected chi connectivity index (χ3v) is 4.96. The van der Waals surface area contributed by atoms with Gasteiger partial charge in [-0.3, -0.25) is 0 Å². The third kappa shape index (κ3) is 2.22. The third-order valence-electron chi connectivity index (χ3n) is 4.96. The fourth-order valence-corrected chi connectivity index (χ4v) is 4.01. The zero-order chi connectivity index (χ0) is 10.7. The Morgan fingerprint density at radius 1 is 1.13 bits per heavy atom. The summed E-state index contributed by atoms with van der Waals surface area (Å²) in [7, 11) is 0. The van der Waals surface area contributed by atoms with Gasteiger partial charge < -0.3 is 5.32 Å². The highest BCUT2D eigenvalue weighted by molar-refractivity contribution is 4.98. The lowest BCUT2D eigenvalue weighted by Crippen LogP contribution is -2.39. The van der Waals surface area contributed by atoms with E-state index in [1.165, 1.54) is 57.9 Å². The van der Waals surface area contributed by atoms with E-state index in [0.717, 1.165) is 12.0 Å². The summed E-state index contributed by atoms with van der Waals surface area (Å²) >= 11 is 0. The van der Waals surface area contributed by atoms with Gasteiger partial charge in [-0.1, -0.05) is 26.7 Å². The first-order valence-corrected chi connectivity index (χ1v) is 7.04. The van der Waals surface area contributed by atoms with Gasteiger partial charge in [0.15, 0.2) is 0 Å². The zero-order valence-electron chi connectivity index (χ0n) is 10.5. The molecule has 88 valence electrons. The molecular formula is C14H27N. The minimum atomic E-state index is 0.707. The summed E-state index contributed by atoms with van der Waals surface area (Å²) in [6.45, 7) is 5.95. The van der Waals surface area contributed by atoms with Gasteiger partial charge in [-0.2, -0.15) is 0 Å². The highest BCUT2D eigenvalue weighted by Crippen LogP contribution is 2.48. The van der Waals surface area contributed by atoms with Crippen LogP contribution in [-0.2, 0) is 0 Å². The molecular weight excluding hydrogens is 182 g/mol. The molecule has 1 heteroatoms. The van der Waals surface area contributed by atoms with E-state index in [-0.39, 0.29) is 0 Å². The summed E-state index contributed by atoms with van der Waals surface area (Å²) in [5, 5.41) is 3.71. The molecule has 1 nitrogen and oxygen atoms in total. The summed E-state index contributed by atoms with van der Waals surface area (Å²) in [6.07, 6.45) is 11.7. The van der Waals surface area contributed by atoms with E-state index in [1.807, 2.05) is 0 Å². The van der Waals surface area contributed by atoms with Crippen LogP contribution in [-0.4, -0.2) is 12.6 Å². The van der Waals surface area contributed by atoms with Crippen molar-refractivity contribution in [3.8, 4) is 0 Å². The van der Waals surface area contributed by atoms with Crippen LogP contribution in [0.3, 0.4) is 0 Å². The monoisotopic (exact) mass is 209 g/mol. The summed E-state index contributed by atoms with van der Waals surface area (Å²) in [4.78, 5) is 0. The molecule has 1 unspecified atom stereocenters. The smallest absolute Gasteiger partial charge is 0.0121 e. The van der Waals surface area contributed by atoms with Gasteiger partial charge in [0, 0.05) is 6.04 Å². The molecule has 2 aliphatic rings. The predicted octanol–water partition coefficient (Wildman–Crippen LogP) is 3.74. The number of rotatable bonds is 3. The minimum Gasteiger partial charge on any atom is -0.313 e. The second-order valence-electron chi connectivity index (χ2n) is 5.76. The van der Waals surface area contributed by atoms with Crippen LogP contribution in [0.15, 0.2) is 0 Å². The van der Waals surface area contributed by atoms with Crippen LogP contribution in [0.1, 0.15) is 65.2 Å². The van der Waals surface area contributed by atoms with Gasteiger partial charge in [0.1, 0.15) is 0 Å². The van der Waals surface area contributed by atoms with Crippen LogP contribution in [0.25, 0.3) is 0 Å². The standard InChI is InChI=1S/C14H27N/c1-3-5-12-6-8-14(9-7-12)10-11-15-13(14)4-2/h12-13,15H,3-11H2,1-2H3.